The number of rotatable bonds is 4. The maximum atomic E-state index is 9.18. The van der Waals surface area contributed by atoms with E-state index in [0.717, 1.165) is 64.1 Å². The van der Waals surface area contributed by atoms with E-state index in [9.17, 15) is 5.26 Å². The fraction of sp³-hybridized carbons (Fsp3) is 0.115. The topological polar surface area (TPSA) is 122 Å². The van der Waals surface area contributed by atoms with Crippen LogP contribution in [0.1, 0.15) is 23.4 Å². The third-order valence-electron chi connectivity index (χ3n) is 7.03. The van der Waals surface area contributed by atoms with E-state index in [1.807, 2.05) is 36.4 Å². The normalized spacial score (nSPS) is 15.2. The van der Waals surface area contributed by atoms with Gasteiger partial charge in [0, 0.05) is 11.1 Å². The first-order valence-corrected chi connectivity index (χ1v) is 12.1. The predicted octanol–water partition coefficient (Wildman–Crippen LogP) is 5.81. The van der Waals surface area contributed by atoms with Crippen molar-refractivity contribution in [3.8, 4) is 28.8 Å². The van der Waals surface area contributed by atoms with Crippen LogP contribution in [-0.2, 0) is 0 Å². The van der Waals surface area contributed by atoms with E-state index in [-0.39, 0.29) is 0 Å². The highest BCUT2D eigenvalue weighted by Crippen LogP contribution is 2.43. The van der Waals surface area contributed by atoms with Crippen LogP contribution in [0.15, 0.2) is 47.5 Å². The SMILES string of the molecule is C=Nc1nc2c(Cl)cc(-c3nc4ccc(-c5nc6ccc(C#N)cc6[nH]5)cc4[nH]3)c(C3BCC3)c2[nH]1. The summed E-state index contributed by atoms with van der Waals surface area (Å²) in [7, 11) is 1.11. The quantitative estimate of drug-likeness (QED) is 0.214. The Bertz CT molecular complexity index is 1890. The summed E-state index contributed by atoms with van der Waals surface area (Å²) in [4.78, 5) is 28.2. The number of nitrogens with one attached hydrogen (secondary N) is 3. The largest absolute Gasteiger partial charge is 0.338 e. The van der Waals surface area contributed by atoms with Gasteiger partial charge >= 0.3 is 0 Å². The smallest absolute Gasteiger partial charge is 0.227 e. The summed E-state index contributed by atoms with van der Waals surface area (Å²) in [5, 5.41) is 9.73. The number of fused-ring (bicyclic) bond motifs is 3. The van der Waals surface area contributed by atoms with Crippen molar-refractivity contribution in [3.05, 3.63) is 58.6 Å². The van der Waals surface area contributed by atoms with Crippen molar-refractivity contribution in [2.24, 2.45) is 4.99 Å². The van der Waals surface area contributed by atoms with Gasteiger partial charge in [-0.15, -0.1) is 0 Å². The van der Waals surface area contributed by atoms with E-state index in [0.29, 0.717) is 27.9 Å². The molecule has 1 atom stereocenters. The number of nitrogens with zero attached hydrogens (tertiary/aromatic N) is 5. The zero-order valence-electron chi connectivity index (χ0n) is 19.1. The van der Waals surface area contributed by atoms with Gasteiger partial charge in [0.1, 0.15) is 24.4 Å². The number of hydrogen-bond acceptors (Lipinski definition) is 5. The van der Waals surface area contributed by atoms with Gasteiger partial charge in [-0.2, -0.15) is 5.26 Å². The number of aromatic nitrogens is 6. The van der Waals surface area contributed by atoms with Gasteiger partial charge in [0.15, 0.2) is 0 Å². The molecule has 0 radical (unpaired) electrons. The Kier molecular flexibility index (Phi) is 4.53. The van der Waals surface area contributed by atoms with Crippen molar-refractivity contribution in [2.45, 2.75) is 18.6 Å². The Labute approximate surface area is 210 Å². The fourth-order valence-corrected chi connectivity index (χ4v) is 5.27. The van der Waals surface area contributed by atoms with E-state index in [1.54, 1.807) is 6.07 Å². The molecule has 1 unspecified atom stereocenters. The monoisotopic (exact) mass is 488 g/mol. The summed E-state index contributed by atoms with van der Waals surface area (Å²) in [5.74, 6) is 2.38. The molecule has 0 amide bonds. The van der Waals surface area contributed by atoms with Crippen LogP contribution in [0.4, 0.5) is 5.95 Å². The second-order valence-electron chi connectivity index (χ2n) is 9.14. The first kappa shape index (κ1) is 20.9. The number of nitriles is 1. The Morgan fingerprint density at radius 2 is 1.75 bits per heavy atom. The fourth-order valence-electron chi connectivity index (χ4n) is 5.03. The Morgan fingerprint density at radius 1 is 1.00 bits per heavy atom. The molecule has 7 rings (SSSR count). The van der Waals surface area contributed by atoms with Crippen LogP contribution in [0.25, 0.3) is 55.9 Å². The molecule has 10 heteroatoms. The highest BCUT2D eigenvalue weighted by molar-refractivity contribution is 6.42. The molecule has 172 valence electrons. The van der Waals surface area contributed by atoms with Gasteiger partial charge in [0.05, 0.1) is 44.2 Å². The molecule has 1 aliphatic heterocycles. The van der Waals surface area contributed by atoms with E-state index < -0.39 is 0 Å². The molecule has 36 heavy (non-hydrogen) atoms. The summed E-state index contributed by atoms with van der Waals surface area (Å²) in [5.41, 5.74) is 8.69. The minimum Gasteiger partial charge on any atom is -0.338 e. The molecule has 6 aromatic rings. The molecule has 0 spiro atoms. The third kappa shape index (κ3) is 3.15. The van der Waals surface area contributed by atoms with Crippen molar-refractivity contribution in [1.82, 2.24) is 29.9 Å². The van der Waals surface area contributed by atoms with E-state index in [2.05, 4.69) is 37.7 Å². The molecular formula is C26H18BClN8. The molecule has 0 aliphatic carbocycles. The molecule has 1 fully saturated rings. The van der Waals surface area contributed by atoms with Crippen LogP contribution in [-0.4, -0.2) is 43.9 Å². The van der Waals surface area contributed by atoms with Crippen LogP contribution in [0.2, 0.25) is 11.3 Å². The van der Waals surface area contributed by atoms with Gasteiger partial charge in [0.2, 0.25) is 5.95 Å². The van der Waals surface area contributed by atoms with Crippen LogP contribution < -0.4 is 0 Å². The standard InChI is InChI=1S/C26H18BClN8/c1-30-26-35-22-16(28)10-14(21(23(22)36-26)15-6-7-27-15)25-32-18-5-3-13(9-20(18)34-25)24-31-17-4-2-12(11-29)8-19(17)33-24/h2-5,8-10,15,27H,1,6-7H2,(H,31,33)(H,32,34)(H,35,36). The van der Waals surface area contributed by atoms with Crippen molar-refractivity contribution in [1.29, 1.82) is 5.26 Å². The van der Waals surface area contributed by atoms with Gasteiger partial charge < -0.3 is 15.0 Å². The summed E-state index contributed by atoms with van der Waals surface area (Å²) in [6.45, 7) is 3.60. The molecular weight excluding hydrogens is 471 g/mol. The third-order valence-corrected chi connectivity index (χ3v) is 7.32. The molecule has 0 bridgehead atoms. The summed E-state index contributed by atoms with van der Waals surface area (Å²) >= 11 is 6.67. The zero-order chi connectivity index (χ0) is 24.4. The second kappa shape index (κ2) is 7.80. The number of halogens is 1. The zero-order valence-corrected chi connectivity index (χ0v) is 19.8. The molecule has 3 aromatic heterocycles. The number of imidazole rings is 3. The lowest BCUT2D eigenvalue weighted by Gasteiger charge is -2.27. The average molecular weight is 489 g/mol. The lowest BCUT2D eigenvalue weighted by atomic mass is 9.46. The van der Waals surface area contributed by atoms with Crippen molar-refractivity contribution in [3.63, 3.8) is 0 Å². The van der Waals surface area contributed by atoms with E-state index in [4.69, 9.17) is 21.6 Å². The summed E-state index contributed by atoms with van der Waals surface area (Å²) in [6, 6.07) is 15.6. The van der Waals surface area contributed by atoms with Crippen molar-refractivity contribution in [2.75, 3.05) is 0 Å². The minimum absolute atomic E-state index is 0.413. The molecule has 1 aliphatic rings. The number of aromatic amines is 3. The number of hydrogen-bond donors (Lipinski definition) is 3. The first-order chi connectivity index (χ1) is 17.6. The maximum Gasteiger partial charge on any atom is 0.227 e. The average Bonchev–Trinajstić information content (AvgIpc) is 3.59. The molecule has 3 aromatic carbocycles. The van der Waals surface area contributed by atoms with Crippen molar-refractivity contribution >= 4 is 64.6 Å². The lowest BCUT2D eigenvalue weighted by molar-refractivity contribution is 0.790. The summed E-state index contributed by atoms with van der Waals surface area (Å²) in [6.07, 6.45) is 2.31. The van der Waals surface area contributed by atoms with Crippen LogP contribution in [0, 0.1) is 11.3 Å². The molecule has 3 N–H and O–H groups in total. The maximum absolute atomic E-state index is 9.18. The van der Waals surface area contributed by atoms with Gasteiger partial charge in [-0.1, -0.05) is 24.3 Å². The highest BCUT2D eigenvalue weighted by Gasteiger charge is 2.29. The summed E-state index contributed by atoms with van der Waals surface area (Å²) < 4.78 is 0. The Hall–Kier alpha value is -4.42. The van der Waals surface area contributed by atoms with Crippen molar-refractivity contribution < 1.29 is 0 Å². The van der Waals surface area contributed by atoms with Crippen LogP contribution in [0.3, 0.4) is 0 Å². The molecule has 1 saturated heterocycles. The number of H-pyrrole nitrogens is 3. The van der Waals surface area contributed by atoms with E-state index in [1.165, 1.54) is 11.9 Å². The van der Waals surface area contributed by atoms with Gasteiger partial charge in [-0.05, 0) is 60.6 Å². The lowest BCUT2D eigenvalue weighted by Crippen LogP contribution is -2.20. The number of aliphatic imine (C=N–C) groups is 1. The first-order valence-electron chi connectivity index (χ1n) is 11.7. The van der Waals surface area contributed by atoms with Gasteiger partial charge in [-0.3, -0.25) is 0 Å². The Balaban J connectivity index is 1.36. The second-order valence-corrected chi connectivity index (χ2v) is 9.54. The molecule has 0 saturated carbocycles. The van der Waals surface area contributed by atoms with Gasteiger partial charge in [0.25, 0.3) is 0 Å². The number of benzene rings is 3. The van der Waals surface area contributed by atoms with Crippen LogP contribution in [0.5, 0.6) is 0 Å². The Morgan fingerprint density at radius 3 is 2.50 bits per heavy atom. The highest BCUT2D eigenvalue weighted by atomic mass is 35.5. The molecule has 8 nitrogen and oxygen atoms in total. The minimum atomic E-state index is 0.413. The predicted molar refractivity (Wildman–Crippen MR) is 145 cm³/mol. The molecule has 4 heterocycles. The van der Waals surface area contributed by atoms with Crippen LogP contribution >= 0.6 is 11.6 Å². The van der Waals surface area contributed by atoms with E-state index >= 15 is 0 Å². The van der Waals surface area contributed by atoms with Gasteiger partial charge in [-0.25, -0.2) is 19.9 Å².